The normalized spacial score (nSPS) is 18.6. The number of phenols is 1. The van der Waals surface area contributed by atoms with E-state index < -0.39 is 11.6 Å². The summed E-state index contributed by atoms with van der Waals surface area (Å²) in [6.07, 6.45) is 6.29. The molecule has 2 aliphatic rings. The van der Waals surface area contributed by atoms with Gasteiger partial charge >= 0.3 is 5.97 Å². The van der Waals surface area contributed by atoms with E-state index in [1.165, 1.54) is 25.6 Å². The number of carbonyl (C=O) groups is 1. The molecule has 1 atom stereocenters. The number of anilines is 1. The summed E-state index contributed by atoms with van der Waals surface area (Å²) in [6, 6.07) is 26.1. The van der Waals surface area contributed by atoms with Gasteiger partial charge in [-0.15, -0.1) is 0 Å². The highest BCUT2D eigenvalue weighted by Gasteiger charge is 2.39. The number of methoxy groups -OCH3 is 1. The van der Waals surface area contributed by atoms with Gasteiger partial charge in [0.25, 0.3) is 0 Å². The van der Waals surface area contributed by atoms with Crippen LogP contribution in [0.1, 0.15) is 39.9 Å². The molecule has 1 saturated heterocycles. The molecule has 0 aliphatic carbocycles. The average Bonchev–Trinajstić information content (AvgIpc) is 3.49. The lowest BCUT2D eigenvalue weighted by Crippen LogP contribution is -2.34. The predicted molar refractivity (Wildman–Crippen MR) is 142 cm³/mol. The zero-order valence-electron chi connectivity index (χ0n) is 20.1. The summed E-state index contributed by atoms with van der Waals surface area (Å²) in [5, 5.41) is 12.3. The van der Waals surface area contributed by atoms with Crippen molar-refractivity contribution in [2.75, 3.05) is 25.1 Å². The first-order valence-electron chi connectivity index (χ1n) is 12.3. The van der Waals surface area contributed by atoms with Crippen LogP contribution >= 0.6 is 0 Å². The van der Waals surface area contributed by atoms with Gasteiger partial charge in [-0.2, -0.15) is 0 Å². The molecule has 1 fully saturated rings. The Hall–Kier alpha value is -4.25. The van der Waals surface area contributed by atoms with Crippen molar-refractivity contribution in [1.82, 2.24) is 0 Å². The number of ether oxygens (including phenoxy) is 2. The zero-order chi connectivity index (χ0) is 24.7. The van der Waals surface area contributed by atoms with Gasteiger partial charge in [0, 0.05) is 46.2 Å². The molecule has 6 rings (SSSR count). The second-order valence-electron chi connectivity index (χ2n) is 9.28. The van der Waals surface area contributed by atoms with Crippen molar-refractivity contribution in [2.45, 2.75) is 18.4 Å². The number of aromatic hydroxyl groups is 1. The fraction of sp³-hybridized carbons (Fsp3) is 0.194. The molecule has 1 unspecified atom stereocenters. The van der Waals surface area contributed by atoms with Gasteiger partial charge in [-0.05, 0) is 37.1 Å². The molecule has 0 radical (unpaired) electrons. The Morgan fingerprint density at radius 1 is 0.889 bits per heavy atom. The fourth-order valence-corrected chi connectivity index (χ4v) is 5.44. The summed E-state index contributed by atoms with van der Waals surface area (Å²) >= 11 is 0. The molecule has 0 spiro atoms. The van der Waals surface area contributed by atoms with E-state index in [0.29, 0.717) is 16.7 Å². The van der Waals surface area contributed by atoms with Gasteiger partial charge in [-0.3, -0.25) is 0 Å². The van der Waals surface area contributed by atoms with Gasteiger partial charge in [0.05, 0.1) is 7.11 Å². The highest BCUT2D eigenvalue weighted by Crippen LogP contribution is 2.49. The van der Waals surface area contributed by atoms with E-state index in [2.05, 4.69) is 29.2 Å². The molecular weight excluding hydrogens is 450 g/mol. The van der Waals surface area contributed by atoms with Gasteiger partial charge in [0.2, 0.25) is 0 Å². The van der Waals surface area contributed by atoms with Crippen LogP contribution in [-0.2, 0) is 10.3 Å². The molecular formula is C31H27NO4. The Kier molecular flexibility index (Phi) is 5.41. The molecule has 2 aliphatic heterocycles. The maximum atomic E-state index is 12.7. The van der Waals surface area contributed by atoms with Gasteiger partial charge in [0.15, 0.2) is 5.60 Å². The van der Waals surface area contributed by atoms with Crippen LogP contribution in [0.3, 0.4) is 0 Å². The van der Waals surface area contributed by atoms with Crippen molar-refractivity contribution >= 4 is 28.5 Å². The lowest BCUT2D eigenvalue weighted by atomic mass is 9.82. The maximum Gasteiger partial charge on any atom is 0.342 e. The minimum atomic E-state index is -0.912. The van der Waals surface area contributed by atoms with E-state index in [9.17, 15) is 9.90 Å². The number of carbonyl (C=O) groups excluding carboxylic acids is 1. The zero-order valence-corrected chi connectivity index (χ0v) is 20.1. The molecule has 0 amide bonds. The number of fused-ring (bicyclic) bond motifs is 3. The maximum absolute atomic E-state index is 12.7. The van der Waals surface area contributed by atoms with E-state index in [1.54, 1.807) is 6.07 Å². The van der Waals surface area contributed by atoms with Crippen molar-refractivity contribution in [3.63, 3.8) is 0 Å². The highest BCUT2D eigenvalue weighted by atomic mass is 16.5. The van der Waals surface area contributed by atoms with E-state index in [1.807, 2.05) is 60.7 Å². The van der Waals surface area contributed by atoms with Crippen molar-refractivity contribution < 1.29 is 19.4 Å². The van der Waals surface area contributed by atoms with Gasteiger partial charge in [0.1, 0.15) is 17.1 Å². The molecule has 0 aromatic heterocycles. The SMILES string of the molecule is COC(=O)c1c2c(c3ccccc3c1O)OC(c1ccccc1)(c1ccc(N3CCCC3)cc1)C=C2. The van der Waals surface area contributed by atoms with E-state index in [-0.39, 0.29) is 11.3 Å². The summed E-state index contributed by atoms with van der Waals surface area (Å²) < 4.78 is 12.0. The number of hydrogen-bond donors (Lipinski definition) is 1. The standard InChI is InChI=1S/C31H27NO4/c1-35-30(34)27-26-17-18-31(21-9-3-2-4-10-21,22-13-15-23(16-14-22)32-19-7-8-20-32)36-29(26)25-12-6-5-11-24(25)28(27)33/h2-6,9-18,33H,7-8,19-20H2,1H3. The van der Waals surface area contributed by atoms with Gasteiger partial charge < -0.3 is 19.5 Å². The largest absolute Gasteiger partial charge is 0.506 e. The first kappa shape index (κ1) is 22.2. The Morgan fingerprint density at radius 3 is 2.22 bits per heavy atom. The fourth-order valence-electron chi connectivity index (χ4n) is 5.44. The first-order valence-corrected chi connectivity index (χ1v) is 12.3. The van der Waals surface area contributed by atoms with Crippen LogP contribution in [0.15, 0.2) is 84.9 Å². The molecule has 5 heteroatoms. The summed E-state index contributed by atoms with van der Waals surface area (Å²) in [5.74, 6) is -0.171. The predicted octanol–water partition coefficient (Wildman–Crippen LogP) is 6.28. The molecule has 4 aromatic carbocycles. The number of hydrogen-bond acceptors (Lipinski definition) is 5. The van der Waals surface area contributed by atoms with E-state index in [0.717, 1.165) is 29.6 Å². The average molecular weight is 478 g/mol. The van der Waals surface area contributed by atoms with Crippen LogP contribution in [0.4, 0.5) is 5.69 Å². The van der Waals surface area contributed by atoms with Gasteiger partial charge in [-0.25, -0.2) is 4.79 Å². The Balaban J connectivity index is 1.56. The second-order valence-corrected chi connectivity index (χ2v) is 9.28. The van der Waals surface area contributed by atoms with Crippen LogP contribution < -0.4 is 9.64 Å². The third-order valence-corrected chi connectivity index (χ3v) is 7.28. The smallest absolute Gasteiger partial charge is 0.342 e. The minimum Gasteiger partial charge on any atom is -0.506 e. The third-order valence-electron chi connectivity index (χ3n) is 7.28. The monoisotopic (exact) mass is 477 g/mol. The highest BCUT2D eigenvalue weighted by molar-refractivity contribution is 6.08. The van der Waals surface area contributed by atoms with E-state index >= 15 is 0 Å². The molecule has 36 heavy (non-hydrogen) atoms. The lowest BCUT2D eigenvalue weighted by Gasteiger charge is -2.37. The lowest BCUT2D eigenvalue weighted by molar-refractivity contribution is 0.0596. The van der Waals surface area contributed by atoms with Crippen LogP contribution in [0.25, 0.3) is 16.8 Å². The third kappa shape index (κ3) is 3.42. The molecule has 0 saturated carbocycles. The number of rotatable bonds is 4. The number of esters is 1. The van der Waals surface area contributed by atoms with Crippen LogP contribution in [0, 0.1) is 0 Å². The number of phenolic OH excluding ortho intramolecular Hbond substituents is 1. The molecule has 0 bridgehead atoms. The second kappa shape index (κ2) is 8.76. The molecule has 5 nitrogen and oxygen atoms in total. The summed E-state index contributed by atoms with van der Waals surface area (Å²) in [7, 11) is 1.31. The first-order chi connectivity index (χ1) is 17.6. The van der Waals surface area contributed by atoms with E-state index in [4.69, 9.17) is 9.47 Å². The molecule has 2 heterocycles. The summed E-state index contributed by atoms with van der Waals surface area (Å²) in [4.78, 5) is 15.1. The molecule has 4 aromatic rings. The quantitative estimate of drug-likeness (QED) is 0.351. The van der Waals surface area contributed by atoms with Crippen molar-refractivity contribution in [3.05, 3.63) is 107 Å². The topological polar surface area (TPSA) is 59.0 Å². The van der Waals surface area contributed by atoms with Crippen molar-refractivity contribution in [3.8, 4) is 11.5 Å². The minimum absolute atomic E-state index is 0.105. The van der Waals surface area contributed by atoms with Crippen molar-refractivity contribution in [1.29, 1.82) is 0 Å². The van der Waals surface area contributed by atoms with Crippen LogP contribution in [0.5, 0.6) is 11.5 Å². The van der Waals surface area contributed by atoms with Crippen LogP contribution in [-0.4, -0.2) is 31.3 Å². The molecule has 180 valence electrons. The van der Waals surface area contributed by atoms with Crippen LogP contribution in [0.2, 0.25) is 0 Å². The summed E-state index contributed by atoms with van der Waals surface area (Å²) in [6.45, 7) is 2.16. The Morgan fingerprint density at radius 2 is 1.53 bits per heavy atom. The van der Waals surface area contributed by atoms with Crippen molar-refractivity contribution in [2.24, 2.45) is 0 Å². The summed E-state index contributed by atoms with van der Waals surface area (Å²) in [5.41, 5.74) is 2.87. The Labute approximate surface area is 210 Å². The van der Waals surface area contributed by atoms with Gasteiger partial charge in [-0.1, -0.05) is 66.7 Å². The number of nitrogens with zero attached hydrogens (tertiary/aromatic N) is 1. The Bertz CT molecular complexity index is 1470. The molecule has 1 N–H and O–H groups in total. The number of benzene rings is 4.